The lowest BCUT2D eigenvalue weighted by Crippen LogP contribution is -2.33. The summed E-state index contributed by atoms with van der Waals surface area (Å²) in [5.41, 5.74) is 3.46. The molecule has 138 valence electrons. The van der Waals surface area contributed by atoms with E-state index in [1.54, 1.807) is 11.9 Å². The van der Waals surface area contributed by atoms with E-state index in [-0.39, 0.29) is 0 Å². The summed E-state index contributed by atoms with van der Waals surface area (Å²) in [6.07, 6.45) is 8.71. The summed E-state index contributed by atoms with van der Waals surface area (Å²) in [7, 11) is 0. The van der Waals surface area contributed by atoms with Crippen molar-refractivity contribution < 1.29 is 0 Å². The lowest BCUT2D eigenvalue weighted by atomic mass is 10.2. The van der Waals surface area contributed by atoms with E-state index < -0.39 is 0 Å². The Balaban J connectivity index is 1.35. The number of hydrogen-bond acceptors (Lipinski definition) is 4. The Labute approximate surface area is 162 Å². The van der Waals surface area contributed by atoms with Gasteiger partial charge in [-0.2, -0.15) is 0 Å². The second kappa shape index (κ2) is 7.38. The Kier molecular flexibility index (Phi) is 4.61. The van der Waals surface area contributed by atoms with Crippen LogP contribution in [-0.2, 0) is 0 Å². The van der Waals surface area contributed by atoms with Crippen molar-refractivity contribution in [2.45, 2.75) is 23.8 Å². The van der Waals surface area contributed by atoms with Crippen molar-refractivity contribution in [3.63, 3.8) is 0 Å². The molecule has 4 aromatic rings. The van der Waals surface area contributed by atoms with Crippen molar-refractivity contribution in [3.05, 3.63) is 66.7 Å². The molecule has 0 radical (unpaired) electrons. The molecule has 1 atom stereocenters. The molecule has 1 aliphatic rings. The predicted octanol–water partition coefficient (Wildman–Crippen LogP) is 4.25. The maximum atomic E-state index is 4.60. The molecule has 6 heteroatoms. The van der Waals surface area contributed by atoms with Gasteiger partial charge in [0.25, 0.3) is 0 Å². The van der Waals surface area contributed by atoms with E-state index in [1.165, 1.54) is 34.3 Å². The van der Waals surface area contributed by atoms with Gasteiger partial charge in [-0.25, -0.2) is 4.98 Å². The summed E-state index contributed by atoms with van der Waals surface area (Å²) in [5.74, 6) is 0. The standard InChI is InChI=1S/C21H23N5S/c1-2-12-26-20(14-23-21(26)5-1)19(25-10-3-4-11-25)15-24-27-17-7-6-16-8-9-22-18(16)13-17/h1-2,5-9,12-14,19,22,24H,3-4,10-11,15H2. The Morgan fingerprint density at radius 2 is 2.07 bits per heavy atom. The van der Waals surface area contributed by atoms with E-state index in [2.05, 4.69) is 66.6 Å². The van der Waals surface area contributed by atoms with Gasteiger partial charge in [0, 0.05) is 29.4 Å². The smallest absolute Gasteiger partial charge is 0.136 e. The summed E-state index contributed by atoms with van der Waals surface area (Å²) >= 11 is 1.70. The van der Waals surface area contributed by atoms with Crippen LogP contribution in [0.5, 0.6) is 0 Å². The van der Waals surface area contributed by atoms with E-state index in [4.69, 9.17) is 0 Å². The molecule has 0 saturated carbocycles. The summed E-state index contributed by atoms with van der Waals surface area (Å²) in [4.78, 5) is 11.7. The highest BCUT2D eigenvalue weighted by molar-refractivity contribution is 7.97. The summed E-state index contributed by atoms with van der Waals surface area (Å²) in [5, 5.41) is 1.25. The molecule has 5 rings (SSSR count). The second-order valence-corrected chi connectivity index (χ2v) is 8.01. The van der Waals surface area contributed by atoms with Crippen LogP contribution in [0, 0.1) is 0 Å². The van der Waals surface area contributed by atoms with Crippen LogP contribution in [0.25, 0.3) is 16.6 Å². The van der Waals surface area contributed by atoms with Crippen molar-refractivity contribution in [1.82, 2.24) is 24.0 Å². The molecule has 1 fully saturated rings. The fraction of sp³-hybridized carbons (Fsp3) is 0.286. The molecule has 1 saturated heterocycles. The monoisotopic (exact) mass is 377 g/mol. The summed E-state index contributed by atoms with van der Waals surface area (Å²) < 4.78 is 5.83. The molecule has 27 heavy (non-hydrogen) atoms. The van der Waals surface area contributed by atoms with Gasteiger partial charge >= 0.3 is 0 Å². The highest BCUT2D eigenvalue weighted by Gasteiger charge is 2.25. The Morgan fingerprint density at radius 3 is 3.00 bits per heavy atom. The van der Waals surface area contributed by atoms with E-state index in [1.807, 2.05) is 18.5 Å². The van der Waals surface area contributed by atoms with E-state index in [9.17, 15) is 0 Å². The third kappa shape index (κ3) is 3.36. The normalized spacial score (nSPS) is 16.4. The zero-order chi connectivity index (χ0) is 18.1. The fourth-order valence-electron chi connectivity index (χ4n) is 3.97. The Morgan fingerprint density at radius 1 is 1.15 bits per heavy atom. The molecule has 0 aliphatic carbocycles. The molecule has 1 aliphatic heterocycles. The molecule has 3 aromatic heterocycles. The number of aromatic nitrogens is 3. The first-order chi connectivity index (χ1) is 13.4. The van der Waals surface area contributed by atoms with E-state index in [0.717, 1.165) is 25.3 Å². The SMILES string of the molecule is c1ccn2c(C(CNSc3ccc4cc[nH]c4c3)N3CCCC3)cnc2c1. The van der Waals surface area contributed by atoms with Gasteiger partial charge in [-0.15, -0.1) is 0 Å². The van der Waals surface area contributed by atoms with Crippen LogP contribution in [-0.4, -0.2) is 38.9 Å². The number of likely N-dealkylation sites (tertiary alicyclic amines) is 1. The van der Waals surface area contributed by atoms with Gasteiger partial charge in [0.2, 0.25) is 0 Å². The van der Waals surface area contributed by atoms with Gasteiger partial charge in [-0.3, -0.25) is 9.62 Å². The number of hydrogen-bond donors (Lipinski definition) is 2. The molecule has 0 spiro atoms. The summed E-state index contributed by atoms with van der Waals surface area (Å²) in [6.45, 7) is 3.20. The first kappa shape index (κ1) is 16.9. The minimum Gasteiger partial charge on any atom is -0.361 e. The van der Waals surface area contributed by atoms with Gasteiger partial charge in [-0.05, 0) is 73.6 Å². The molecule has 1 unspecified atom stereocenters. The van der Waals surface area contributed by atoms with Crippen LogP contribution in [0.1, 0.15) is 24.6 Å². The zero-order valence-electron chi connectivity index (χ0n) is 15.1. The second-order valence-electron chi connectivity index (χ2n) is 7.05. The number of fused-ring (bicyclic) bond motifs is 2. The van der Waals surface area contributed by atoms with Gasteiger partial charge in [0.15, 0.2) is 0 Å². The van der Waals surface area contributed by atoms with Crippen LogP contribution in [0.3, 0.4) is 0 Å². The number of aromatic amines is 1. The Hall–Kier alpha value is -2.28. The van der Waals surface area contributed by atoms with Crippen molar-refractivity contribution in [2.24, 2.45) is 0 Å². The minimum atomic E-state index is 0.326. The van der Waals surface area contributed by atoms with Crippen molar-refractivity contribution in [3.8, 4) is 0 Å². The van der Waals surface area contributed by atoms with Crippen molar-refractivity contribution in [2.75, 3.05) is 19.6 Å². The molecule has 4 heterocycles. The Bertz CT molecular complexity index is 1050. The number of pyridine rings is 1. The molecule has 5 nitrogen and oxygen atoms in total. The number of nitrogens with zero attached hydrogens (tertiary/aromatic N) is 3. The first-order valence-corrected chi connectivity index (χ1v) is 10.3. The fourth-order valence-corrected chi connectivity index (χ4v) is 4.69. The molecular formula is C21H23N5S. The average molecular weight is 378 g/mol. The predicted molar refractivity (Wildman–Crippen MR) is 111 cm³/mol. The number of imidazole rings is 1. The van der Waals surface area contributed by atoms with Gasteiger partial charge in [-0.1, -0.05) is 12.1 Å². The van der Waals surface area contributed by atoms with Crippen molar-refractivity contribution >= 4 is 28.5 Å². The number of rotatable bonds is 6. The third-order valence-corrected chi connectivity index (χ3v) is 6.16. The average Bonchev–Trinajstić information content (AvgIpc) is 3.45. The maximum Gasteiger partial charge on any atom is 0.136 e. The highest BCUT2D eigenvalue weighted by atomic mass is 32.2. The van der Waals surface area contributed by atoms with Gasteiger partial charge in [0.05, 0.1) is 17.9 Å². The highest BCUT2D eigenvalue weighted by Crippen LogP contribution is 2.27. The zero-order valence-corrected chi connectivity index (χ0v) is 16.0. The third-order valence-electron chi connectivity index (χ3n) is 5.36. The minimum absolute atomic E-state index is 0.326. The van der Waals surface area contributed by atoms with Gasteiger partial charge in [0.1, 0.15) is 5.65 Å². The largest absolute Gasteiger partial charge is 0.361 e. The number of H-pyrrole nitrogens is 1. The van der Waals surface area contributed by atoms with Crippen molar-refractivity contribution in [1.29, 1.82) is 0 Å². The number of benzene rings is 1. The van der Waals surface area contributed by atoms with Crippen LogP contribution in [0.15, 0.2) is 66.0 Å². The van der Waals surface area contributed by atoms with Crippen LogP contribution in [0.4, 0.5) is 0 Å². The maximum absolute atomic E-state index is 4.60. The van der Waals surface area contributed by atoms with Crippen LogP contribution >= 0.6 is 11.9 Å². The molecule has 1 aromatic carbocycles. The lowest BCUT2D eigenvalue weighted by Gasteiger charge is -2.27. The van der Waals surface area contributed by atoms with Crippen LogP contribution in [0.2, 0.25) is 0 Å². The molecule has 0 bridgehead atoms. The van der Waals surface area contributed by atoms with Gasteiger partial charge < -0.3 is 9.38 Å². The molecule has 2 N–H and O–H groups in total. The lowest BCUT2D eigenvalue weighted by molar-refractivity contribution is 0.242. The summed E-state index contributed by atoms with van der Waals surface area (Å²) in [6, 6.07) is 15.2. The first-order valence-electron chi connectivity index (χ1n) is 9.51. The molecular weight excluding hydrogens is 354 g/mol. The molecule has 0 amide bonds. The quantitative estimate of drug-likeness (QED) is 0.493. The van der Waals surface area contributed by atoms with E-state index >= 15 is 0 Å². The van der Waals surface area contributed by atoms with E-state index in [0.29, 0.717) is 6.04 Å². The van der Waals surface area contributed by atoms with Crippen LogP contribution < -0.4 is 4.72 Å². The number of nitrogens with one attached hydrogen (secondary N) is 2. The topological polar surface area (TPSA) is 48.4 Å².